The quantitative estimate of drug-likeness (QED) is 0.348. The molecule has 2 N–H and O–H groups in total. The lowest BCUT2D eigenvalue weighted by molar-refractivity contribution is -0.148. The Morgan fingerprint density at radius 3 is 2.69 bits per heavy atom. The number of aliphatic hydroxyl groups is 1. The fourth-order valence-corrected chi connectivity index (χ4v) is 9.67. The van der Waals surface area contributed by atoms with Gasteiger partial charge in [0.25, 0.3) is 15.9 Å². The number of aromatic nitrogens is 1. The average molecular weight is 779 g/mol. The van der Waals surface area contributed by atoms with E-state index < -0.39 is 33.9 Å². The maximum absolute atomic E-state index is 14.2. The first-order valence-electron chi connectivity index (χ1n) is 18.4. The second-order valence-corrected chi connectivity index (χ2v) is 17.1. The summed E-state index contributed by atoms with van der Waals surface area (Å²) in [6, 6.07) is 13.6. The topological polar surface area (TPSA) is 148 Å². The number of hydrogen-bond donors (Lipinski definition) is 2. The highest BCUT2D eigenvalue weighted by Crippen LogP contribution is 2.48. The van der Waals surface area contributed by atoms with Gasteiger partial charge >= 0.3 is 0 Å². The molecule has 2 aliphatic heterocycles. The highest BCUT2D eigenvalue weighted by molar-refractivity contribution is 7.90. The molecule has 14 heteroatoms. The Hall–Kier alpha value is -4.17. The maximum Gasteiger partial charge on any atom is 0.270 e. The number of benzene rings is 2. The molecule has 1 aromatic heterocycles. The van der Waals surface area contributed by atoms with Gasteiger partial charge < -0.3 is 29.1 Å². The highest BCUT2D eigenvalue weighted by atomic mass is 35.5. The minimum absolute atomic E-state index is 0.0656. The summed E-state index contributed by atoms with van der Waals surface area (Å²) in [5, 5.41) is 13.1. The molecule has 2 aromatic carbocycles. The van der Waals surface area contributed by atoms with Crippen LogP contribution < -0.4 is 19.1 Å². The summed E-state index contributed by atoms with van der Waals surface area (Å²) < 4.78 is 46.7. The van der Waals surface area contributed by atoms with Crippen molar-refractivity contribution in [2.45, 2.75) is 67.0 Å². The molecule has 1 fully saturated rings. The molecule has 2 bridgehead atoms. The van der Waals surface area contributed by atoms with E-state index in [0.717, 1.165) is 38.3 Å². The first-order chi connectivity index (χ1) is 25.9. The van der Waals surface area contributed by atoms with Crippen molar-refractivity contribution >= 4 is 39.1 Å². The average Bonchev–Trinajstić information content (AvgIpc) is 3.30. The molecule has 3 heterocycles. The molecule has 7 rings (SSSR count). The Bertz CT molecular complexity index is 2050. The number of rotatable bonds is 5. The number of carbonyl (C=O) groups excluding carboxylic acids is 2. The van der Waals surface area contributed by atoms with E-state index in [9.17, 15) is 23.1 Å². The normalized spacial score (nSPS) is 27.8. The van der Waals surface area contributed by atoms with Gasteiger partial charge in [0.1, 0.15) is 10.6 Å². The van der Waals surface area contributed by atoms with Crippen LogP contribution in [0.15, 0.2) is 71.8 Å². The van der Waals surface area contributed by atoms with Gasteiger partial charge in [0.05, 0.1) is 38.1 Å². The molecule has 288 valence electrons. The lowest BCUT2D eigenvalue weighted by Gasteiger charge is -2.46. The maximum atomic E-state index is 14.2. The number of nitrogens with one attached hydrogen (secondary N) is 1. The molecule has 2 aliphatic carbocycles. The first kappa shape index (κ1) is 38.1. The number of pyridine rings is 1. The van der Waals surface area contributed by atoms with Gasteiger partial charge in [-0.25, -0.2) is 18.1 Å². The predicted molar refractivity (Wildman–Crippen MR) is 203 cm³/mol. The summed E-state index contributed by atoms with van der Waals surface area (Å²) in [6.45, 7) is 1.98. The molecule has 2 amide bonds. The van der Waals surface area contributed by atoms with Crippen molar-refractivity contribution in [3.8, 4) is 11.6 Å². The second-order valence-electron chi connectivity index (χ2n) is 15.0. The molecule has 3 aromatic rings. The highest BCUT2D eigenvalue weighted by Gasteiger charge is 2.47. The van der Waals surface area contributed by atoms with Crippen molar-refractivity contribution in [1.82, 2.24) is 14.6 Å². The van der Waals surface area contributed by atoms with Gasteiger partial charge in [-0.2, -0.15) is 0 Å². The molecule has 0 radical (unpaired) electrons. The predicted octanol–water partition coefficient (Wildman–Crippen LogP) is 4.76. The Labute approximate surface area is 321 Å². The van der Waals surface area contributed by atoms with Crippen molar-refractivity contribution in [2.75, 3.05) is 52.4 Å². The van der Waals surface area contributed by atoms with Crippen LogP contribution >= 0.6 is 11.6 Å². The van der Waals surface area contributed by atoms with Crippen molar-refractivity contribution in [3.05, 3.63) is 88.6 Å². The van der Waals surface area contributed by atoms with E-state index in [4.69, 9.17) is 25.8 Å². The van der Waals surface area contributed by atoms with Crippen LogP contribution in [0.5, 0.6) is 11.6 Å². The number of fused-ring (bicyclic) bond motifs is 4. The second kappa shape index (κ2) is 15.2. The monoisotopic (exact) mass is 778 g/mol. The minimum atomic E-state index is -4.52. The fraction of sp³-hybridized carbons (Fsp3) is 0.475. The van der Waals surface area contributed by atoms with Crippen LogP contribution in [0.1, 0.15) is 55.2 Å². The SMILES string of the molecule is COc1ccc(S(=O)(=O)NC(=O)[C@@]2(O)CC(=O)N(C)CC/C=C\[C@H](OC)[C@@H]3CC[C@H]3CN3C[C@@]4(CCCc5cc(Cl)ccc54)COc4ccc2cc43)cn1. The number of ether oxygens (including phenoxy) is 3. The summed E-state index contributed by atoms with van der Waals surface area (Å²) >= 11 is 6.46. The van der Waals surface area contributed by atoms with Crippen LogP contribution in [0.3, 0.4) is 0 Å². The zero-order chi connectivity index (χ0) is 38.3. The first-order valence-corrected chi connectivity index (χ1v) is 20.3. The van der Waals surface area contributed by atoms with Crippen LogP contribution in [0.4, 0.5) is 5.69 Å². The van der Waals surface area contributed by atoms with Crippen molar-refractivity contribution in [3.63, 3.8) is 0 Å². The van der Waals surface area contributed by atoms with Crippen LogP contribution in [0, 0.1) is 11.8 Å². The smallest absolute Gasteiger partial charge is 0.270 e. The summed E-state index contributed by atoms with van der Waals surface area (Å²) in [5.74, 6) is -0.507. The standard InChI is InChI=1S/C40H47ClN4O8S/c1-44-18-5-4-8-34(51-2)31-13-9-27(31)23-45-24-39(17-6-7-26-19-29(41)11-14-32(26)39)25-53-35-15-10-28(20-33(35)45)40(48,21-37(44)46)38(47)43-54(49,50)30-12-16-36(52-3)42-22-30/h4,8,10-12,14-16,19-20,22,27,31,34,48H,5-7,9,13,17-18,21,23-25H2,1-3H3,(H,43,47)/b8-4-/t27-,31+,34-,39-,40+/m0/s1. The van der Waals surface area contributed by atoms with Crippen molar-refractivity contribution in [2.24, 2.45) is 11.8 Å². The third-order valence-corrected chi connectivity index (χ3v) is 13.3. The molecule has 0 unspecified atom stereocenters. The number of methoxy groups -OCH3 is 2. The largest absolute Gasteiger partial charge is 0.490 e. The molecular weight excluding hydrogens is 732 g/mol. The van der Waals surface area contributed by atoms with Gasteiger partial charge in [0, 0.05) is 50.3 Å². The number of hydrogen-bond acceptors (Lipinski definition) is 10. The van der Waals surface area contributed by atoms with E-state index in [-0.39, 0.29) is 39.7 Å². The number of carbonyl (C=O) groups is 2. The Morgan fingerprint density at radius 2 is 1.96 bits per heavy atom. The third-order valence-electron chi connectivity index (χ3n) is 11.8. The number of halogens is 1. The minimum Gasteiger partial charge on any atom is -0.490 e. The zero-order valence-electron chi connectivity index (χ0n) is 30.8. The van der Waals surface area contributed by atoms with E-state index in [1.165, 1.54) is 41.3 Å². The Morgan fingerprint density at radius 1 is 1.13 bits per heavy atom. The van der Waals surface area contributed by atoms with E-state index in [0.29, 0.717) is 49.1 Å². The van der Waals surface area contributed by atoms with Crippen LogP contribution in [-0.4, -0.2) is 88.8 Å². The molecule has 1 saturated carbocycles. The summed E-state index contributed by atoms with van der Waals surface area (Å²) in [6.07, 6.45) is 9.64. The van der Waals surface area contributed by atoms with E-state index in [1.807, 2.05) is 22.9 Å². The number of sulfonamides is 1. The van der Waals surface area contributed by atoms with Gasteiger partial charge in [-0.05, 0) is 97.4 Å². The number of amides is 2. The molecule has 4 aliphatic rings. The van der Waals surface area contributed by atoms with Crippen LogP contribution in [0.25, 0.3) is 0 Å². The molecule has 0 saturated heterocycles. The van der Waals surface area contributed by atoms with Gasteiger partial charge in [0.15, 0.2) is 5.60 Å². The summed E-state index contributed by atoms with van der Waals surface area (Å²) in [7, 11) is 0.203. The van der Waals surface area contributed by atoms with Crippen molar-refractivity contribution in [1.29, 1.82) is 0 Å². The lowest BCUT2D eigenvalue weighted by Crippen LogP contribution is -2.50. The third kappa shape index (κ3) is 7.30. The van der Waals surface area contributed by atoms with Crippen LogP contribution in [-0.2, 0) is 41.8 Å². The molecular formula is C40H47ClN4O8S. The number of nitrogens with zero attached hydrogens (tertiary/aromatic N) is 3. The molecule has 54 heavy (non-hydrogen) atoms. The zero-order valence-corrected chi connectivity index (χ0v) is 32.4. The van der Waals surface area contributed by atoms with Gasteiger partial charge in [-0.3, -0.25) is 9.59 Å². The number of aryl methyl sites for hydroxylation is 1. The van der Waals surface area contributed by atoms with Crippen molar-refractivity contribution < 1.29 is 37.3 Å². The number of anilines is 1. The van der Waals surface area contributed by atoms with Crippen LogP contribution in [0.2, 0.25) is 5.02 Å². The van der Waals surface area contributed by atoms with Gasteiger partial charge in [0.2, 0.25) is 11.8 Å². The Balaban J connectivity index is 1.32. The van der Waals surface area contributed by atoms with E-state index in [2.05, 4.69) is 22.0 Å². The molecule has 5 atom stereocenters. The molecule has 12 nitrogen and oxygen atoms in total. The van der Waals surface area contributed by atoms with E-state index >= 15 is 0 Å². The molecule has 1 spiro atoms. The van der Waals surface area contributed by atoms with Gasteiger partial charge in [-0.15, -0.1) is 0 Å². The van der Waals surface area contributed by atoms with E-state index in [1.54, 1.807) is 26.3 Å². The summed E-state index contributed by atoms with van der Waals surface area (Å²) in [5.41, 5.74) is 0.169. The fourth-order valence-electron chi connectivity index (χ4n) is 8.51. The van der Waals surface area contributed by atoms with Gasteiger partial charge in [-0.1, -0.05) is 35.9 Å². The summed E-state index contributed by atoms with van der Waals surface area (Å²) in [4.78, 5) is 35.3. The lowest BCUT2D eigenvalue weighted by atomic mass is 9.68. The Kier molecular flexibility index (Phi) is 10.7.